The number of amides is 1. The molecular weight excluding hydrogens is 318 g/mol. The molecular formula is C18H37N5O2. The van der Waals surface area contributed by atoms with E-state index in [9.17, 15) is 4.79 Å². The van der Waals surface area contributed by atoms with Crippen LogP contribution in [-0.4, -0.2) is 68.9 Å². The molecule has 146 valence electrons. The van der Waals surface area contributed by atoms with Gasteiger partial charge in [0.05, 0.1) is 0 Å². The fraction of sp³-hybridized carbons (Fsp3) is 0.889. The molecule has 0 bridgehead atoms. The lowest BCUT2D eigenvalue weighted by Gasteiger charge is -2.32. The summed E-state index contributed by atoms with van der Waals surface area (Å²) in [6.07, 6.45) is 3.00. The van der Waals surface area contributed by atoms with Crippen molar-refractivity contribution in [1.29, 1.82) is 0 Å². The number of carbonyl (C=O) groups is 1. The topological polar surface area (TPSA) is 78.0 Å². The third kappa shape index (κ3) is 10.2. The molecule has 7 nitrogen and oxygen atoms in total. The highest BCUT2D eigenvalue weighted by Crippen LogP contribution is 2.15. The van der Waals surface area contributed by atoms with Crippen molar-refractivity contribution in [2.75, 3.05) is 46.3 Å². The second-order valence-corrected chi connectivity index (χ2v) is 7.56. The second kappa shape index (κ2) is 11.2. The van der Waals surface area contributed by atoms with Gasteiger partial charge in [-0.25, -0.2) is 4.79 Å². The van der Waals surface area contributed by atoms with Gasteiger partial charge in [-0.05, 0) is 59.0 Å². The summed E-state index contributed by atoms with van der Waals surface area (Å²) < 4.78 is 5.20. The zero-order chi connectivity index (χ0) is 18.7. The minimum atomic E-state index is -0.458. The number of nitrogens with one attached hydrogen (secondary N) is 3. The van der Waals surface area contributed by atoms with Crippen molar-refractivity contribution in [2.45, 2.75) is 52.6 Å². The Balaban J connectivity index is 2.13. The molecule has 0 aliphatic carbocycles. The van der Waals surface area contributed by atoms with E-state index in [2.05, 4.69) is 32.8 Å². The van der Waals surface area contributed by atoms with Crippen LogP contribution in [0.15, 0.2) is 4.99 Å². The summed E-state index contributed by atoms with van der Waals surface area (Å²) in [5.74, 6) is 1.51. The van der Waals surface area contributed by atoms with Crippen LogP contribution < -0.4 is 16.0 Å². The number of carbonyl (C=O) groups excluding carboxylic acids is 1. The number of alkyl carbamates (subject to hydrolysis) is 1. The molecule has 1 fully saturated rings. The third-order valence-corrected chi connectivity index (χ3v) is 4.15. The second-order valence-electron chi connectivity index (χ2n) is 7.56. The molecule has 0 aromatic carbocycles. The van der Waals surface area contributed by atoms with Gasteiger partial charge in [0.15, 0.2) is 5.96 Å². The minimum Gasteiger partial charge on any atom is -0.444 e. The van der Waals surface area contributed by atoms with Gasteiger partial charge >= 0.3 is 6.09 Å². The molecule has 1 atom stereocenters. The summed E-state index contributed by atoms with van der Waals surface area (Å²) in [6, 6.07) is 0. The number of hydrogen-bond donors (Lipinski definition) is 3. The highest BCUT2D eigenvalue weighted by molar-refractivity contribution is 5.79. The summed E-state index contributed by atoms with van der Waals surface area (Å²) in [7, 11) is 1.79. The van der Waals surface area contributed by atoms with E-state index >= 15 is 0 Å². The van der Waals surface area contributed by atoms with Crippen LogP contribution in [0, 0.1) is 5.92 Å². The third-order valence-electron chi connectivity index (χ3n) is 4.15. The molecule has 1 unspecified atom stereocenters. The van der Waals surface area contributed by atoms with Gasteiger partial charge in [0.25, 0.3) is 0 Å². The lowest BCUT2D eigenvalue weighted by molar-refractivity contribution is 0.0527. The van der Waals surface area contributed by atoms with Crippen molar-refractivity contribution in [2.24, 2.45) is 10.9 Å². The Labute approximate surface area is 153 Å². The standard InChI is InChI=1S/C18H37N5O2/c1-6-23-12-7-9-15(14-23)13-22-16(19-5)20-10-8-11-21-17(24)25-18(2,3)4/h15H,6-14H2,1-5H3,(H,21,24)(H2,19,20,22). The average Bonchev–Trinajstić information content (AvgIpc) is 2.56. The molecule has 0 radical (unpaired) electrons. The fourth-order valence-electron chi connectivity index (χ4n) is 2.87. The molecule has 1 aliphatic heterocycles. The van der Waals surface area contributed by atoms with Gasteiger partial charge in [-0.15, -0.1) is 0 Å². The predicted molar refractivity (Wildman–Crippen MR) is 103 cm³/mol. The van der Waals surface area contributed by atoms with Gasteiger partial charge in [0, 0.05) is 33.2 Å². The first-order chi connectivity index (χ1) is 11.8. The minimum absolute atomic E-state index is 0.368. The number of ether oxygens (including phenoxy) is 1. The van der Waals surface area contributed by atoms with E-state index in [4.69, 9.17) is 4.74 Å². The molecule has 0 aromatic rings. The summed E-state index contributed by atoms with van der Waals surface area (Å²) in [5, 5.41) is 9.46. The van der Waals surface area contributed by atoms with Gasteiger partial charge in [-0.1, -0.05) is 6.92 Å². The van der Waals surface area contributed by atoms with E-state index in [-0.39, 0.29) is 6.09 Å². The maximum atomic E-state index is 11.5. The van der Waals surface area contributed by atoms with E-state index in [0.29, 0.717) is 12.5 Å². The molecule has 0 saturated carbocycles. The maximum Gasteiger partial charge on any atom is 0.407 e. The van der Waals surface area contributed by atoms with Crippen molar-refractivity contribution >= 4 is 12.1 Å². The molecule has 1 saturated heterocycles. The monoisotopic (exact) mass is 355 g/mol. The largest absolute Gasteiger partial charge is 0.444 e. The number of nitrogens with zero attached hydrogens (tertiary/aromatic N) is 2. The molecule has 0 aromatic heterocycles. The van der Waals surface area contributed by atoms with Crippen LogP contribution in [0.5, 0.6) is 0 Å². The molecule has 0 spiro atoms. The summed E-state index contributed by atoms with van der Waals surface area (Å²) in [4.78, 5) is 18.3. The number of likely N-dealkylation sites (tertiary alicyclic amines) is 1. The Bertz CT molecular complexity index is 420. The zero-order valence-electron chi connectivity index (χ0n) is 16.7. The van der Waals surface area contributed by atoms with Crippen molar-refractivity contribution in [3.63, 3.8) is 0 Å². The Morgan fingerprint density at radius 1 is 1.24 bits per heavy atom. The smallest absolute Gasteiger partial charge is 0.407 e. The molecule has 1 rings (SSSR count). The van der Waals surface area contributed by atoms with Crippen molar-refractivity contribution < 1.29 is 9.53 Å². The van der Waals surface area contributed by atoms with Gasteiger partial charge < -0.3 is 25.6 Å². The van der Waals surface area contributed by atoms with Gasteiger partial charge in [-0.2, -0.15) is 0 Å². The molecule has 1 heterocycles. The normalized spacial score (nSPS) is 19.4. The fourth-order valence-corrected chi connectivity index (χ4v) is 2.87. The van der Waals surface area contributed by atoms with Gasteiger partial charge in [-0.3, -0.25) is 4.99 Å². The van der Waals surface area contributed by atoms with E-state index < -0.39 is 5.60 Å². The van der Waals surface area contributed by atoms with Crippen LogP contribution in [0.1, 0.15) is 47.0 Å². The lowest BCUT2D eigenvalue weighted by atomic mass is 9.98. The predicted octanol–water partition coefficient (Wildman–Crippen LogP) is 1.80. The first-order valence-electron chi connectivity index (χ1n) is 9.47. The lowest BCUT2D eigenvalue weighted by Crippen LogP contribution is -2.44. The molecule has 1 amide bonds. The van der Waals surface area contributed by atoms with E-state index in [1.807, 2.05) is 20.8 Å². The van der Waals surface area contributed by atoms with Crippen LogP contribution in [0.2, 0.25) is 0 Å². The number of piperidine rings is 1. The SMILES string of the molecule is CCN1CCCC(CNC(=NC)NCCCNC(=O)OC(C)(C)C)C1. The quantitative estimate of drug-likeness (QED) is 0.369. The maximum absolute atomic E-state index is 11.5. The summed E-state index contributed by atoms with van der Waals surface area (Å²) in [5.41, 5.74) is -0.458. The zero-order valence-corrected chi connectivity index (χ0v) is 16.7. The van der Waals surface area contributed by atoms with E-state index in [1.165, 1.54) is 25.9 Å². The molecule has 1 aliphatic rings. The van der Waals surface area contributed by atoms with Crippen LogP contribution >= 0.6 is 0 Å². The van der Waals surface area contributed by atoms with E-state index in [0.717, 1.165) is 32.0 Å². The van der Waals surface area contributed by atoms with Crippen LogP contribution in [-0.2, 0) is 4.74 Å². The summed E-state index contributed by atoms with van der Waals surface area (Å²) >= 11 is 0. The van der Waals surface area contributed by atoms with Gasteiger partial charge in [0.1, 0.15) is 5.60 Å². The molecule has 7 heteroatoms. The number of rotatable bonds is 7. The Kier molecular flexibility index (Phi) is 9.63. The van der Waals surface area contributed by atoms with E-state index in [1.54, 1.807) is 7.05 Å². The Hall–Kier alpha value is -1.50. The highest BCUT2D eigenvalue weighted by Gasteiger charge is 2.18. The van der Waals surface area contributed by atoms with Crippen LogP contribution in [0.3, 0.4) is 0 Å². The highest BCUT2D eigenvalue weighted by atomic mass is 16.6. The number of hydrogen-bond acceptors (Lipinski definition) is 4. The number of guanidine groups is 1. The van der Waals surface area contributed by atoms with Crippen molar-refractivity contribution in [1.82, 2.24) is 20.9 Å². The van der Waals surface area contributed by atoms with Gasteiger partial charge in [0.2, 0.25) is 0 Å². The van der Waals surface area contributed by atoms with Crippen LogP contribution in [0.4, 0.5) is 4.79 Å². The van der Waals surface area contributed by atoms with Crippen molar-refractivity contribution in [3.8, 4) is 0 Å². The summed E-state index contributed by atoms with van der Waals surface area (Å²) in [6.45, 7) is 13.6. The molecule has 25 heavy (non-hydrogen) atoms. The number of aliphatic imine (C=N–C) groups is 1. The first-order valence-corrected chi connectivity index (χ1v) is 9.47. The first kappa shape index (κ1) is 21.5. The molecule has 3 N–H and O–H groups in total. The Morgan fingerprint density at radius 2 is 1.96 bits per heavy atom. The Morgan fingerprint density at radius 3 is 2.60 bits per heavy atom. The average molecular weight is 356 g/mol. The van der Waals surface area contributed by atoms with Crippen molar-refractivity contribution in [3.05, 3.63) is 0 Å². The van der Waals surface area contributed by atoms with Crippen LogP contribution in [0.25, 0.3) is 0 Å².